The molecule has 26 heavy (non-hydrogen) atoms. The maximum atomic E-state index is 12.6. The molecule has 0 saturated carbocycles. The number of rotatable bonds is 5. The van der Waals surface area contributed by atoms with Crippen molar-refractivity contribution in [1.82, 2.24) is 0 Å². The molecule has 0 radical (unpaired) electrons. The molecule has 0 aliphatic carbocycles. The summed E-state index contributed by atoms with van der Waals surface area (Å²) in [5.74, 6) is -0.480. The zero-order valence-electron chi connectivity index (χ0n) is 14.9. The highest BCUT2D eigenvalue weighted by molar-refractivity contribution is 7.92. The highest BCUT2D eigenvalue weighted by Crippen LogP contribution is 2.27. The molecule has 0 heterocycles. The Morgan fingerprint density at radius 2 is 1.69 bits per heavy atom. The van der Waals surface area contributed by atoms with Crippen molar-refractivity contribution in [2.75, 3.05) is 15.9 Å². The molecule has 0 bridgehead atoms. The largest absolute Gasteiger partial charge is 0.324 e. The minimum absolute atomic E-state index is 0.297. The van der Waals surface area contributed by atoms with Gasteiger partial charge < -0.3 is 5.32 Å². The first kappa shape index (κ1) is 20.6. The molecule has 5 nitrogen and oxygen atoms in total. The maximum absolute atomic E-state index is 12.6. The predicted molar refractivity (Wildman–Crippen MR) is 108 cm³/mol. The summed E-state index contributed by atoms with van der Waals surface area (Å²) in [4.78, 5) is 12.6. The van der Waals surface area contributed by atoms with E-state index >= 15 is 0 Å². The summed E-state index contributed by atoms with van der Waals surface area (Å²) in [5, 5.41) is 3.33. The van der Waals surface area contributed by atoms with Gasteiger partial charge in [0.25, 0.3) is 0 Å². The molecule has 0 unspecified atom stereocenters. The van der Waals surface area contributed by atoms with Gasteiger partial charge in [-0.3, -0.25) is 9.10 Å². The second-order valence-electron chi connectivity index (χ2n) is 6.12. The van der Waals surface area contributed by atoms with Gasteiger partial charge in [-0.1, -0.05) is 29.3 Å². The van der Waals surface area contributed by atoms with Gasteiger partial charge in [-0.05, 0) is 62.2 Å². The van der Waals surface area contributed by atoms with Crippen LogP contribution in [0.2, 0.25) is 10.0 Å². The van der Waals surface area contributed by atoms with Crippen molar-refractivity contribution < 1.29 is 13.2 Å². The fraction of sp³-hybridized carbons (Fsp3) is 0.278. The highest BCUT2D eigenvalue weighted by atomic mass is 35.5. The van der Waals surface area contributed by atoms with Crippen molar-refractivity contribution in [2.24, 2.45) is 0 Å². The molecule has 2 aromatic rings. The van der Waals surface area contributed by atoms with Gasteiger partial charge in [-0.2, -0.15) is 0 Å². The van der Waals surface area contributed by atoms with Crippen molar-refractivity contribution in [3.63, 3.8) is 0 Å². The van der Waals surface area contributed by atoms with Crippen LogP contribution < -0.4 is 9.62 Å². The summed E-state index contributed by atoms with van der Waals surface area (Å²) >= 11 is 11.8. The van der Waals surface area contributed by atoms with Crippen molar-refractivity contribution in [3.8, 4) is 0 Å². The summed E-state index contributed by atoms with van der Waals surface area (Å²) in [6.45, 7) is 5.35. The first-order valence-electron chi connectivity index (χ1n) is 7.83. The Morgan fingerprint density at radius 1 is 1.04 bits per heavy atom. The topological polar surface area (TPSA) is 66.5 Å². The minimum Gasteiger partial charge on any atom is -0.324 e. The van der Waals surface area contributed by atoms with E-state index in [9.17, 15) is 13.2 Å². The van der Waals surface area contributed by atoms with E-state index in [1.54, 1.807) is 24.3 Å². The standard InChI is InChI=1S/C18H20Cl2N2O3S/c1-11-5-7-15(9-12(11)2)22(26(4,24)25)13(3)18(23)21-14-6-8-16(19)17(20)10-14/h5-10,13H,1-4H3,(H,21,23)/t13-/m0/s1. The molecule has 1 amide bonds. The van der Waals surface area contributed by atoms with Crippen LogP contribution in [0.3, 0.4) is 0 Å². The van der Waals surface area contributed by atoms with Crippen LogP contribution in [-0.2, 0) is 14.8 Å². The van der Waals surface area contributed by atoms with E-state index in [2.05, 4.69) is 5.32 Å². The Labute approximate surface area is 164 Å². The fourth-order valence-electron chi connectivity index (χ4n) is 2.49. The minimum atomic E-state index is -3.67. The predicted octanol–water partition coefficient (Wildman–Crippen LogP) is 4.40. The average Bonchev–Trinajstić information content (AvgIpc) is 2.53. The fourth-order valence-corrected chi connectivity index (χ4v) is 3.96. The van der Waals surface area contributed by atoms with Crippen LogP contribution in [0.15, 0.2) is 36.4 Å². The number of carbonyl (C=O) groups excluding carboxylic acids is 1. The number of hydrogen-bond donors (Lipinski definition) is 1. The Morgan fingerprint density at radius 3 is 2.23 bits per heavy atom. The molecular weight excluding hydrogens is 395 g/mol. The maximum Gasteiger partial charge on any atom is 0.247 e. The average molecular weight is 415 g/mol. The molecule has 0 fully saturated rings. The molecule has 2 aromatic carbocycles. The van der Waals surface area contributed by atoms with Crippen molar-refractivity contribution in [1.29, 1.82) is 0 Å². The van der Waals surface area contributed by atoms with E-state index in [1.807, 2.05) is 19.9 Å². The van der Waals surface area contributed by atoms with Crippen LogP contribution in [0.1, 0.15) is 18.1 Å². The quantitative estimate of drug-likeness (QED) is 0.787. The van der Waals surface area contributed by atoms with E-state index in [0.717, 1.165) is 21.7 Å². The Hall–Kier alpha value is -1.76. The molecule has 1 N–H and O–H groups in total. The normalized spacial score (nSPS) is 12.5. The third kappa shape index (κ3) is 4.69. The Bertz CT molecular complexity index is 945. The van der Waals surface area contributed by atoms with Gasteiger partial charge in [0, 0.05) is 5.69 Å². The number of nitrogens with zero attached hydrogens (tertiary/aromatic N) is 1. The van der Waals surface area contributed by atoms with Crippen LogP contribution in [0.25, 0.3) is 0 Å². The monoisotopic (exact) mass is 414 g/mol. The molecule has 140 valence electrons. The number of amides is 1. The lowest BCUT2D eigenvalue weighted by atomic mass is 10.1. The van der Waals surface area contributed by atoms with Crippen LogP contribution in [0.5, 0.6) is 0 Å². The summed E-state index contributed by atoms with van der Waals surface area (Å²) in [7, 11) is -3.67. The number of carbonyl (C=O) groups is 1. The molecule has 0 aromatic heterocycles. The van der Waals surface area contributed by atoms with Crippen molar-refractivity contribution in [3.05, 3.63) is 57.6 Å². The molecule has 2 rings (SSSR count). The summed E-state index contributed by atoms with van der Waals surface area (Å²) in [6, 6.07) is 8.97. The van der Waals surface area contributed by atoms with E-state index in [0.29, 0.717) is 21.4 Å². The number of anilines is 2. The van der Waals surface area contributed by atoms with Gasteiger partial charge in [0.15, 0.2) is 0 Å². The third-order valence-electron chi connectivity index (χ3n) is 4.02. The lowest BCUT2D eigenvalue weighted by Crippen LogP contribution is -2.45. The Kier molecular flexibility index (Phi) is 6.21. The number of benzene rings is 2. The van der Waals surface area contributed by atoms with E-state index in [4.69, 9.17) is 23.2 Å². The second kappa shape index (κ2) is 7.86. The van der Waals surface area contributed by atoms with E-state index in [-0.39, 0.29) is 0 Å². The molecule has 1 atom stereocenters. The first-order chi connectivity index (χ1) is 12.0. The molecule has 0 aliphatic rings. The summed E-state index contributed by atoms with van der Waals surface area (Å²) in [5.41, 5.74) is 2.85. The van der Waals surface area contributed by atoms with Gasteiger partial charge in [0.2, 0.25) is 15.9 Å². The van der Waals surface area contributed by atoms with E-state index in [1.165, 1.54) is 13.0 Å². The number of halogens is 2. The zero-order chi connectivity index (χ0) is 19.6. The SMILES string of the molecule is Cc1ccc(N([C@@H](C)C(=O)Nc2ccc(Cl)c(Cl)c2)S(C)(=O)=O)cc1C. The lowest BCUT2D eigenvalue weighted by molar-refractivity contribution is -0.116. The first-order valence-corrected chi connectivity index (χ1v) is 10.4. The molecule has 8 heteroatoms. The third-order valence-corrected chi connectivity index (χ3v) is 6.00. The Balaban J connectivity index is 2.34. The summed E-state index contributed by atoms with van der Waals surface area (Å²) in [6.07, 6.45) is 1.07. The van der Waals surface area contributed by atoms with E-state index < -0.39 is 22.0 Å². The van der Waals surface area contributed by atoms with Crippen LogP contribution in [-0.4, -0.2) is 26.6 Å². The number of hydrogen-bond acceptors (Lipinski definition) is 3. The van der Waals surface area contributed by atoms with Crippen LogP contribution in [0.4, 0.5) is 11.4 Å². The van der Waals surface area contributed by atoms with Gasteiger partial charge in [0.05, 0.1) is 22.0 Å². The zero-order valence-corrected chi connectivity index (χ0v) is 17.2. The second-order valence-corrected chi connectivity index (χ2v) is 8.80. The van der Waals surface area contributed by atoms with Gasteiger partial charge in [-0.25, -0.2) is 8.42 Å². The smallest absolute Gasteiger partial charge is 0.247 e. The highest BCUT2D eigenvalue weighted by Gasteiger charge is 2.29. The molecule has 0 aliphatic heterocycles. The lowest BCUT2D eigenvalue weighted by Gasteiger charge is -2.28. The van der Waals surface area contributed by atoms with Crippen LogP contribution >= 0.6 is 23.2 Å². The number of nitrogens with one attached hydrogen (secondary N) is 1. The van der Waals surface area contributed by atoms with Crippen molar-refractivity contribution in [2.45, 2.75) is 26.8 Å². The number of sulfonamides is 1. The summed E-state index contributed by atoms with van der Waals surface area (Å²) < 4.78 is 25.8. The van der Waals surface area contributed by atoms with Gasteiger partial charge in [-0.15, -0.1) is 0 Å². The molecule has 0 saturated heterocycles. The van der Waals surface area contributed by atoms with Gasteiger partial charge >= 0.3 is 0 Å². The number of aryl methyl sites for hydroxylation is 2. The van der Waals surface area contributed by atoms with Gasteiger partial charge in [0.1, 0.15) is 6.04 Å². The molecular formula is C18H20Cl2N2O3S. The molecule has 0 spiro atoms. The van der Waals surface area contributed by atoms with Crippen molar-refractivity contribution >= 4 is 50.5 Å². The van der Waals surface area contributed by atoms with Crippen LogP contribution in [0, 0.1) is 13.8 Å².